The molecule has 1 aromatic heterocycles. The van der Waals surface area contributed by atoms with E-state index in [-0.39, 0.29) is 29.2 Å². The summed E-state index contributed by atoms with van der Waals surface area (Å²) in [6.45, 7) is 0.0537. The highest BCUT2D eigenvalue weighted by Crippen LogP contribution is 2.36. The van der Waals surface area contributed by atoms with Gasteiger partial charge in [-0.15, -0.1) is 0 Å². The first-order chi connectivity index (χ1) is 15.3. The van der Waals surface area contributed by atoms with Crippen molar-refractivity contribution in [3.63, 3.8) is 0 Å². The molecule has 5 N–H and O–H groups in total. The summed E-state index contributed by atoms with van der Waals surface area (Å²) in [6, 6.07) is 13.1. The minimum atomic E-state index is -1.61. The Balaban J connectivity index is 2.10. The van der Waals surface area contributed by atoms with Gasteiger partial charge >= 0.3 is 11.9 Å². The molecule has 0 saturated heterocycles. The molecular weight excluding hydrogens is 418 g/mol. The summed E-state index contributed by atoms with van der Waals surface area (Å²) in [7, 11) is 1.34. The maximum Gasteiger partial charge on any atom is 0.342 e. The lowest BCUT2D eigenvalue weighted by Crippen LogP contribution is -2.24. The molecule has 0 spiro atoms. The normalized spacial score (nSPS) is 10.2. The number of carboxylic acids is 2. The number of nitriles is 1. The van der Waals surface area contributed by atoms with Gasteiger partial charge in [0.2, 0.25) is 0 Å². The van der Waals surface area contributed by atoms with Crippen LogP contribution in [0.3, 0.4) is 0 Å². The van der Waals surface area contributed by atoms with E-state index in [1.54, 1.807) is 24.3 Å². The van der Waals surface area contributed by atoms with Crippen molar-refractivity contribution in [2.45, 2.75) is 6.61 Å². The highest BCUT2D eigenvalue weighted by molar-refractivity contribution is 6.07. The third kappa shape index (κ3) is 4.08. The molecule has 0 amide bonds. The predicted molar refractivity (Wildman–Crippen MR) is 113 cm³/mol. The van der Waals surface area contributed by atoms with Crippen LogP contribution in [0.1, 0.15) is 31.8 Å². The van der Waals surface area contributed by atoms with Gasteiger partial charge in [0.15, 0.2) is 11.5 Å². The maximum atomic E-state index is 12.2. The zero-order valence-corrected chi connectivity index (χ0v) is 16.7. The molecule has 2 aromatic carbocycles. The van der Waals surface area contributed by atoms with Crippen molar-refractivity contribution >= 4 is 17.8 Å². The van der Waals surface area contributed by atoms with Gasteiger partial charge in [-0.1, -0.05) is 24.3 Å². The molecule has 0 aliphatic carbocycles. The summed E-state index contributed by atoms with van der Waals surface area (Å²) < 4.78 is 11.1. The Bertz CT molecular complexity index is 1320. The van der Waals surface area contributed by atoms with E-state index < -0.39 is 34.4 Å². The van der Waals surface area contributed by atoms with Crippen molar-refractivity contribution in [1.29, 1.82) is 5.26 Å². The number of nitrogens with zero attached hydrogens (tertiary/aromatic N) is 1. The quantitative estimate of drug-likeness (QED) is 0.434. The van der Waals surface area contributed by atoms with Gasteiger partial charge in [-0.3, -0.25) is 4.79 Å². The van der Waals surface area contributed by atoms with Crippen molar-refractivity contribution in [3.8, 4) is 28.7 Å². The fourth-order valence-electron chi connectivity index (χ4n) is 3.19. The first-order valence-corrected chi connectivity index (χ1v) is 9.10. The van der Waals surface area contributed by atoms with Gasteiger partial charge in [0, 0.05) is 11.1 Å². The third-order valence-electron chi connectivity index (χ3n) is 4.65. The first-order valence-electron chi connectivity index (χ1n) is 9.10. The SMILES string of the molecule is COc1cc(-c2c(C(=O)O)c(N)[nH]c(=O)c2C(=O)O)ccc1OCc1ccccc1C#N. The molecular formula is C22H17N3O7. The van der Waals surface area contributed by atoms with Gasteiger partial charge in [0.1, 0.15) is 23.6 Å². The molecule has 10 heteroatoms. The highest BCUT2D eigenvalue weighted by atomic mass is 16.5. The average Bonchev–Trinajstić information content (AvgIpc) is 2.76. The smallest absolute Gasteiger partial charge is 0.342 e. The molecule has 0 aliphatic heterocycles. The molecule has 0 radical (unpaired) electrons. The number of nitrogens with two attached hydrogens (primary N) is 1. The number of nitrogen functional groups attached to an aromatic ring is 1. The van der Waals surface area contributed by atoms with Crippen molar-refractivity contribution in [3.05, 3.63) is 75.1 Å². The zero-order chi connectivity index (χ0) is 23.4. The number of aromatic amines is 1. The Labute approximate surface area is 181 Å². The minimum absolute atomic E-state index is 0.0537. The van der Waals surface area contributed by atoms with Gasteiger partial charge in [0.25, 0.3) is 5.56 Å². The van der Waals surface area contributed by atoms with Gasteiger partial charge in [0.05, 0.1) is 18.7 Å². The number of nitrogens with one attached hydrogen (secondary N) is 1. The lowest BCUT2D eigenvalue weighted by molar-refractivity contribution is 0.0695. The molecule has 0 fully saturated rings. The molecule has 162 valence electrons. The second-order valence-corrected chi connectivity index (χ2v) is 6.53. The minimum Gasteiger partial charge on any atom is -0.493 e. The zero-order valence-electron chi connectivity index (χ0n) is 16.7. The Morgan fingerprint density at radius 3 is 2.41 bits per heavy atom. The molecule has 32 heavy (non-hydrogen) atoms. The van der Waals surface area contributed by atoms with E-state index in [9.17, 15) is 29.9 Å². The van der Waals surface area contributed by atoms with Gasteiger partial charge in [-0.05, 0) is 23.8 Å². The lowest BCUT2D eigenvalue weighted by atomic mass is 9.95. The van der Waals surface area contributed by atoms with Crippen LogP contribution in [0.4, 0.5) is 5.82 Å². The molecule has 0 unspecified atom stereocenters. The van der Waals surface area contributed by atoms with E-state index in [2.05, 4.69) is 6.07 Å². The summed E-state index contributed by atoms with van der Waals surface area (Å²) >= 11 is 0. The van der Waals surface area contributed by atoms with Crippen LogP contribution in [-0.2, 0) is 6.61 Å². The number of methoxy groups -OCH3 is 1. The van der Waals surface area contributed by atoms with Crippen LogP contribution in [-0.4, -0.2) is 34.2 Å². The van der Waals surface area contributed by atoms with E-state index in [4.69, 9.17) is 15.2 Å². The second-order valence-electron chi connectivity index (χ2n) is 6.53. The monoisotopic (exact) mass is 435 g/mol. The van der Waals surface area contributed by atoms with Crippen LogP contribution < -0.4 is 20.8 Å². The van der Waals surface area contributed by atoms with Crippen molar-refractivity contribution in [1.82, 2.24) is 4.98 Å². The Kier molecular flexibility index (Phi) is 6.11. The van der Waals surface area contributed by atoms with Crippen LogP contribution in [0.2, 0.25) is 0 Å². The fraction of sp³-hybridized carbons (Fsp3) is 0.0909. The number of carbonyl (C=O) groups is 2. The van der Waals surface area contributed by atoms with Crippen LogP contribution in [0.15, 0.2) is 47.3 Å². The van der Waals surface area contributed by atoms with Crippen LogP contribution in [0, 0.1) is 11.3 Å². The molecule has 0 aliphatic rings. The average molecular weight is 435 g/mol. The number of benzene rings is 2. The first kappa shape index (κ1) is 21.9. The fourth-order valence-corrected chi connectivity index (χ4v) is 3.19. The number of ether oxygens (including phenoxy) is 2. The third-order valence-corrected chi connectivity index (χ3v) is 4.65. The molecule has 3 rings (SSSR count). The van der Waals surface area contributed by atoms with Gasteiger partial charge in [-0.25, -0.2) is 9.59 Å². The molecule has 1 heterocycles. The number of carboxylic acid groups (broad SMARTS) is 2. The van der Waals surface area contributed by atoms with E-state index in [1.807, 2.05) is 4.98 Å². The molecule has 0 saturated carbocycles. The lowest BCUT2D eigenvalue weighted by Gasteiger charge is -2.15. The summed E-state index contributed by atoms with van der Waals surface area (Å²) in [5.41, 5.74) is 4.11. The van der Waals surface area contributed by atoms with Crippen molar-refractivity contribution < 1.29 is 29.3 Å². The predicted octanol–water partition coefficient (Wildman–Crippen LogP) is 2.48. The maximum absolute atomic E-state index is 12.2. The van der Waals surface area contributed by atoms with Crippen molar-refractivity contribution in [2.75, 3.05) is 12.8 Å². The second kappa shape index (κ2) is 8.93. The van der Waals surface area contributed by atoms with E-state index in [0.29, 0.717) is 11.1 Å². The Morgan fingerprint density at radius 2 is 1.78 bits per heavy atom. The summed E-state index contributed by atoms with van der Waals surface area (Å²) in [5, 5.41) is 28.3. The number of aromatic carboxylic acids is 2. The highest BCUT2D eigenvalue weighted by Gasteiger charge is 2.27. The number of rotatable bonds is 7. The number of aromatic nitrogens is 1. The van der Waals surface area contributed by atoms with E-state index in [1.165, 1.54) is 25.3 Å². The molecule has 10 nitrogen and oxygen atoms in total. The Hall–Kier alpha value is -4.78. The summed E-state index contributed by atoms with van der Waals surface area (Å²) in [5.74, 6) is -3.19. The summed E-state index contributed by atoms with van der Waals surface area (Å²) in [6.07, 6.45) is 0. The molecule has 0 atom stereocenters. The number of hydrogen-bond donors (Lipinski definition) is 4. The number of H-pyrrole nitrogens is 1. The van der Waals surface area contributed by atoms with E-state index in [0.717, 1.165) is 0 Å². The van der Waals surface area contributed by atoms with Crippen LogP contribution in [0.5, 0.6) is 11.5 Å². The van der Waals surface area contributed by atoms with Crippen LogP contribution in [0.25, 0.3) is 11.1 Å². The standard InChI is InChI=1S/C22H17N3O7/c1-31-15-8-11(6-7-14(15)32-10-13-5-3-2-4-12(13)9-23)16-17(21(27)28)19(24)25-20(26)18(16)22(29)30/h2-8H,10H2,1H3,(H,27,28)(H,29,30)(H3,24,25,26). The van der Waals surface area contributed by atoms with E-state index >= 15 is 0 Å². The van der Waals surface area contributed by atoms with Crippen molar-refractivity contribution in [2.24, 2.45) is 0 Å². The van der Waals surface area contributed by atoms with Crippen LogP contribution >= 0.6 is 0 Å². The Morgan fingerprint density at radius 1 is 1.09 bits per heavy atom. The number of pyridine rings is 1. The largest absolute Gasteiger partial charge is 0.493 e. The number of hydrogen-bond acceptors (Lipinski definition) is 7. The van der Waals surface area contributed by atoms with Gasteiger partial charge in [-0.2, -0.15) is 5.26 Å². The number of anilines is 1. The molecule has 0 bridgehead atoms. The topological polar surface area (TPSA) is 176 Å². The molecule has 3 aromatic rings. The summed E-state index contributed by atoms with van der Waals surface area (Å²) in [4.78, 5) is 37.7. The van der Waals surface area contributed by atoms with Gasteiger partial charge < -0.3 is 30.4 Å².